The number of nitrogens with zero attached hydrogens (tertiary/aromatic N) is 2. The minimum absolute atomic E-state index is 0. The summed E-state index contributed by atoms with van der Waals surface area (Å²) in [4.78, 5) is 19.9. The number of sulfonamides is 1. The molecular formula is C27H33ClN4O5S. The number of ether oxygens (including phenoxy) is 1. The first-order valence-corrected chi connectivity index (χ1v) is 13.6. The molecule has 2 aromatic carbocycles. The van der Waals surface area contributed by atoms with Crippen LogP contribution in [0, 0.1) is 25.2 Å². The quantitative estimate of drug-likeness (QED) is 0.320. The number of halogens is 1. The van der Waals surface area contributed by atoms with Crippen molar-refractivity contribution in [2.45, 2.75) is 51.5 Å². The van der Waals surface area contributed by atoms with Crippen LogP contribution in [-0.4, -0.2) is 42.1 Å². The molecule has 1 unspecified atom stereocenters. The molecule has 0 saturated heterocycles. The number of benzene rings is 2. The summed E-state index contributed by atoms with van der Waals surface area (Å²) < 4.78 is 34.6. The first-order valence-electron chi connectivity index (χ1n) is 12.1. The van der Waals surface area contributed by atoms with Gasteiger partial charge in [0, 0.05) is 17.7 Å². The number of carbonyl (C=O) groups is 1. The van der Waals surface area contributed by atoms with Crippen molar-refractivity contribution in [2.75, 3.05) is 11.3 Å². The topological polar surface area (TPSA) is 144 Å². The van der Waals surface area contributed by atoms with Gasteiger partial charge in [0.25, 0.3) is 10.0 Å². The van der Waals surface area contributed by atoms with Gasteiger partial charge >= 0.3 is 5.97 Å². The van der Waals surface area contributed by atoms with E-state index in [4.69, 9.17) is 10.5 Å². The first kappa shape index (κ1) is 29.3. The fraction of sp³-hybridized carbons (Fsp3) is 0.370. The Hall–Kier alpha value is -3.21. The van der Waals surface area contributed by atoms with E-state index in [0.717, 1.165) is 35.6 Å². The summed E-state index contributed by atoms with van der Waals surface area (Å²) in [6.07, 6.45) is 2.10. The first-order chi connectivity index (χ1) is 17.4. The van der Waals surface area contributed by atoms with E-state index in [-0.39, 0.29) is 52.8 Å². The second-order valence-electron chi connectivity index (χ2n) is 9.93. The Labute approximate surface area is 229 Å². The molecule has 0 spiro atoms. The van der Waals surface area contributed by atoms with Crippen LogP contribution in [0.25, 0.3) is 11.3 Å². The molecule has 0 aliphatic heterocycles. The van der Waals surface area contributed by atoms with Crippen molar-refractivity contribution in [1.82, 2.24) is 9.97 Å². The highest BCUT2D eigenvalue weighted by molar-refractivity contribution is 7.92. The van der Waals surface area contributed by atoms with Gasteiger partial charge in [0.15, 0.2) is 0 Å². The van der Waals surface area contributed by atoms with Gasteiger partial charge in [-0.2, -0.15) is 4.98 Å². The molecule has 1 heterocycles. The molecule has 3 aromatic rings. The van der Waals surface area contributed by atoms with Gasteiger partial charge in [-0.05, 0) is 67.3 Å². The molecule has 1 aromatic heterocycles. The summed E-state index contributed by atoms with van der Waals surface area (Å²) >= 11 is 0. The van der Waals surface area contributed by atoms with E-state index in [1.807, 2.05) is 32.0 Å². The maximum Gasteiger partial charge on any atom is 0.335 e. The van der Waals surface area contributed by atoms with Crippen molar-refractivity contribution in [1.29, 1.82) is 0 Å². The predicted molar refractivity (Wildman–Crippen MR) is 148 cm³/mol. The van der Waals surface area contributed by atoms with Crippen molar-refractivity contribution in [2.24, 2.45) is 17.1 Å². The van der Waals surface area contributed by atoms with E-state index in [0.29, 0.717) is 11.6 Å². The Kier molecular flexibility index (Phi) is 8.70. The van der Waals surface area contributed by atoms with Gasteiger partial charge in [-0.3, -0.25) is 0 Å². The monoisotopic (exact) mass is 560 g/mol. The molecule has 1 saturated carbocycles. The van der Waals surface area contributed by atoms with Crippen molar-refractivity contribution in [3.8, 4) is 17.1 Å². The maximum atomic E-state index is 13.1. The Morgan fingerprint density at radius 3 is 2.32 bits per heavy atom. The van der Waals surface area contributed by atoms with Gasteiger partial charge in [-0.25, -0.2) is 22.9 Å². The molecule has 11 heteroatoms. The highest BCUT2D eigenvalue weighted by atomic mass is 35.5. The molecule has 1 aliphatic carbocycles. The number of carboxylic acids is 1. The number of nitrogens with one attached hydrogen (secondary N) is 1. The largest absolute Gasteiger partial charge is 0.478 e. The zero-order valence-corrected chi connectivity index (χ0v) is 23.4. The summed E-state index contributed by atoms with van der Waals surface area (Å²) in [7, 11) is -4.18. The van der Waals surface area contributed by atoms with Crippen LogP contribution in [0.5, 0.6) is 5.88 Å². The van der Waals surface area contributed by atoms with E-state index in [9.17, 15) is 18.3 Å². The van der Waals surface area contributed by atoms with Crippen LogP contribution in [0.3, 0.4) is 0 Å². The smallest absolute Gasteiger partial charge is 0.335 e. The van der Waals surface area contributed by atoms with Crippen LogP contribution in [0.1, 0.15) is 48.2 Å². The number of carboxylic acid groups (broad SMARTS) is 1. The molecule has 4 N–H and O–H groups in total. The van der Waals surface area contributed by atoms with Crippen LogP contribution >= 0.6 is 12.4 Å². The summed E-state index contributed by atoms with van der Waals surface area (Å²) in [5, 5.41) is 9.25. The molecule has 4 rings (SSSR count). The Balaban J connectivity index is 0.00000400. The number of rotatable bonds is 10. The SMILES string of the molecule is Cc1cccc(C)c1-c1cc(OCC(N)C2(C(C)C)CC2)nc(NS(=O)(=O)c2cccc(C(=O)O)c2)n1.Cl. The number of hydrogen-bond acceptors (Lipinski definition) is 7. The summed E-state index contributed by atoms with van der Waals surface area (Å²) in [5.74, 6) is -0.799. The normalized spacial score (nSPS) is 14.9. The van der Waals surface area contributed by atoms with E-state index in [1.165, 1.54) is 18.2 Å². The van der Waals surface area contributed by atoms with Crippen molar-refractivity contribution >= 4 is 34.3 Å². The third kappa shape index (κ3) is 6.09. The second kappa shape index (κ2) is 11.3. The number of anilines is 1. The van der Waals surface area contributed by atoms with E-state index in [2.05, 4.69) is 28.5 Å². The van der Waals surface area contributed by atoms with Crippen molar-refractivity contribution in [3.05, 3.63) is 65.2 Å². The number of aromatic nitrogens is 2. The molecule has 1 fully saturated rings. The zero-order chi connectivity index (χ0) is 27.0. The van der Waals surface area contributed by atoms with E-state index >= 15 is 0 Å². The molecule has 0 bridgehead atoms. The van der Waals surface area contributed by atoms with Crippen molar-refractivity contribution < 1.29 is 23.1 Å². The average Bonchev–Trinajstić information content (AvgIpc) is 3.65. The zero-order valence-electron chi connectivity index (χ0n) is 21.8. The highest BCUT2D eigenvalue weighted by Crippen LogP contribution is 2.54. The summed E-state index contributed by atoms with van der Waals surface area (Å²) in [6, 6.07) is 12.4. The van der Waals surface area contributed by atoms with Gasteiger partial charge in [0.05, 0.1) is 16.2 Å². The number of aryl methyl sites for hydroxylation is 2. The minimum atomic E-state index is -4.18. The summed E-state index contributed by atoms with van der Waals surface area (Å²) in [5.41, 5.74) is 9.64. The minimum Gasteiger partial charge on any atom is -0.478 e. The molecule has 1 aliphatic rings. The summed E-state index contributed by atoms with van der Waals surface area (Å²) in [6.45, 7) is 8.43. The fourth-order valence-electron chi connectivity index (χ4n) is 4.73. The second-order valence-corrected chi connectivity index (χ2v) is 11.6. The fourth-order valence-corrected chi connectivity index (χ4v) is 5.72. The van der Waals surface area contributed by atoms with E-state index < -0.39 is 16.0 Å². The van der Waals surface area contributed by atoms with Crippen LogP contribution in [0.15, 0.2) is 53.4 Å². The Morgan fingerprint density at radius 2 is 1.74 bits per heavy atom. The number of nitrogens with two attached hydrogens (primary N) is 1. The standard InChI is InChI=1S/C27H32N4O5S.ClH/c1-16(2)27(11-12-27)22(28)15-36-23-14-21(24-17(3)7-5-8-18(24)4)29-26(30-23)31-37(34,35)20-10-6-9-19(13-20)25(32)33;/h5-10,13-14,16,22H,11-12,15,28H2,1-4H3,(H,32,33)(H,29,30,31);1H. The average molecular weight is 561 g/mol. The third-order valence-electron chi connectivity index (χ3n) is 7.18. The third-order valence-corrected chi connectivity index (χ3v) is 8.51. The van der Waals surface area contributed by atoms with Crippen molar-refractivity contribution in [3.63, 3.8) is 0 Å². The van der Waals surface area contributed by atoms with Gasteiger partial charge in [-0.15, -0.1) is 12.4 Å². The van der Waals surface area contributed by atoms with Gasteiger partial charge in [0.1, 0.15) is 6.61 Å². The number of aromatic carboxylic acids is 1. The predicted octanol–water partition coefficient (Wildman–Crippen LogP) is 4.82. The highest BCUT2D eigenvalue weighted by Gasteiger charge is 2.50. The maximum absolute atomic E-state index is 13.1. The van der Waals surface area contributed by atoms with Gasteiger partial charge < -0.3 is 15.6 Å². The van der Waals surface area contributed by atoms with Crippen LogP contribution in [0.4, 0.5) is 5.95 Å². The van der Waals surface area contributed by atoms with E-state index in [1.54, 1.807) is 6.07 Å². The number of hydrogen-bond donors (Lipinski definition) is 3. The lowest BCUT2D eigenvalue weighted by molar-refractivity contribution is 0.0696. The lowest BCUT2D eigenvalue weighted by Crippen LogP contribution is -2.40. The van der Waals surface area contributed by atoms with Gasteiger partial charge in [0.2, 0.25) is 11.8 Å². The molecule has 204 valence electrons. The lowest BCUT2D eigenvalue weighted by atomic mass is 9.86. The molecule has 9 nitrogen and oxygen atoms in total. The molecule has 0 amide bonds. The molecule has 0 radical (unpaired) electrons. The Morgan fingerprint density at radius 1 is 1.11 bits per heavy atom. The van der Waals surface area contributed by atoms with Gasteiger partial charge in [-0.1, -0.05) is 38.1 Å². The Bertz CT molecular complexity index is 1420. The lowest BCUT2D eigenvalue weighted by Gasteiger charge is -2.27. The van der Waals surface area contributed by atoms with Crippen LogP contribution in [-0.2, 0) is 10.0 Å². The molecular weight excluding hydrogens is 528 g/mol. The van der Waals surface area contributed by atoms with Crippen LogP contribution < -0.4 is 15.2 Å². The van der Waals surface area contributed by atoms with Crippen LogP contribution in [0.2, 0.25) is 0 Å². The molecule has 1 atom stereocenters. The molecule has 38 heavy (non-hydrogen) atoms.